The molecular weight excluding hydrogens is 202 g/mol. The maximum Gasteiger partial charge on any atom is 0.222 e. The van der Waals surface area contributed by atoms with Crippen molar-refractivity contribution in [3.05, 3.63) is 0 Å². The minimum Gasteiger partial charge on any atom is -0.341 e. The maximum atomic E-state index is 11.3. The van der Waals surface area contributed by atoms with Gasteiger partial charge in [-0.05, 0) is 26.3 Å². The average Bonchev–Trinajstić information content (AvgIpc) is 2.53. The van der Waals surface area contributed by atoms with Crippen LogP contribution in [-0.4, -0.2) is 30.7 Å². The molecule has 2 aliphatic heterocycles. The van der Waals surface area contributed by atoms with Crippen LogP contribution < -0.4 is 16.0 Å². The second-order valence-electron chi connectivity index (χ2n) is 3.97. The van der Waals surface area contributed by atoms with Gasteiger partial charge in [0.1, 0.15) is 0 Å². The first-order chi connectivity index (χ1) is 6.25. The molecule has 3 atom stereocenters. The molecule has 2 aliphatic rings. The van der Waals surface area contributed by atoms with Crippen LogP contribution in [0.3, 0.4) is 0 Å². The molecule has 1 amide bonds. The minimum absolute atomic E-state index is 0. The predicted octanol–water partition coefficient (Wildman–Crippen LogP) is -0.0157. The van der Waals surface area contributed by atoms with Crippen LogP contribution in [0.2, 0.25) is 0 Å². The fourth-order valence-corrected chi connectivity index (χ4v) is 2.24. The number of carbonyl (C=O) groups excluding carboxylic acids is 1. The lowest BCUT2D eigenvalue weighted by Crippen LogP contribution is -2.60. The van der Waals surface area contributed by atoms with Crippen molar-refractivity contribution in [2.24, 2.45) is 0 Å². The number of nitrogens with one attached hydrogen (secondary N) is 3. The smallest absolute Gasteiger partial charge is 0.222 e. The molecule has 2 fully saturated rings. The van der Waals surface area contributed by atoms with Crippen LogP contribution >= 0.6 is 12.4 Å². The zero-order valence-corrected chi connectivity index (χ0v) is 9.19. The predicted molar refractivity (Wildman–Crippen MR) is 57.4 cm³/mol. The van der Waals surface area contributed by atoms with Crippen molar-refractivity contribution in [1.82, 2.24) is 16.0 Å². The zero-order valence-electron chi connectivity index (χ0n) is 8.38. The normalized spacial score (nSPS) is 37.5. The average molecular weight is 220 g/mol. The molecule has 5 heteroatoms. The molecule has 2 rings (SSSR count). The van der Waals surface area contributed by atoms with Gasteiger partial charge in [-0.2, -0.15) is 0 Å². The molecule has 2 saturated heterocycles. The molecule has 3 unspecified atom stereocenters. The third-order valence-corrected chi connectivity index (χ3v) is 2.83. The van der Waals surface area contributed by atoms with Crippen molar-refractivity contribution >= 4 is 18.3 Å². The lowest BCUT2D eigenvalue weighted by Gasteiger charge is -2.33. The third-order valence-electron chi connectivity index (χ3n) is 2.83. The number of amides is 1. The van der Waals surface area contributed by atoms with Crippen LogP contribution in [0.5, 0.6) is 0 Å². The summed E-state index contributed by atoms with van der Waals surface area (Å²) in [6.07, 6.45) is 3.16. The van der Waals surface area contributed by atoms with E-state index in [0.717, 1.165) is 6.54 Å². The van der Waals surface area contributed by atoms with Gasteiger partial charge in [-0.1, -0.05) is 0 Å². The Morgan fingerprint density at radius 1 is 1.36 bits per heavy atom. The highest BCUT2D eigenvalue weighted by molar-refractivity contribution is 5.85. The first-order valence-corrected chi connectivity index (χ1v) is 5.04. The van der Waals surface area contributed by atoms with E-state index in [9.17, 15) is 4.79 Å². The highest BCUT2D eigenvalue weighted by atomic mass is 35.5. The summed E-state index contributed by atoms with van der Waals surface area (Å²) >= 11 is 0. The van der Waals surface area contributed by atoms with Crippen LogP contribution in [0.4, 0.5) is 0 Å². The van der Waals surface area contributed by atoms with Crippen molar-refractivity contribution < 1.29 is 4.79 Å². The van der Waals surface area contributed by atoms with E-state index in [-0.39, 0.29) is 24.5 Å². The Morgan fingerprint density at radius 2 is 2.14 bits per heavy atom. The molecule has 0 aromatic carbocycles. The van der Waals surface area contributed by atoms with Crippen LogP contribution in [0.15, 0.2) is 0 Å². The summed E-state index contributed by atoms with van der Waals surface area (Å²) in [6.45, 7) is 3.08. The van der Waals surface area contributed by atoms with Crippen LogP contribution in [0.25, 0.3) is 0 Å². The Morgan fingerprint density at radius 3 is 2.71 bits per heavy atom. The van der Waals surface area contributed by atoms with Crippen LogP contribution in [0.1, 0.15) is 26.2 Å². The number of hydrogen-bond donors (Lipinski definition) is 3. The fraction of sp³-hybridized carbons (Fsp3) is 0.889. The largest absolute Gasteiger partial charge is 0.341 e. The van der Waals surface area contributed by atoms with E-state index in [1.54, 1.807) is 0 Å². The molecule has 2 heterocycles. The standard InChI is InChI=1S/C9H17N3O.ClH/c1-6-11-8(5-9(13)12-6)7-3-2-4-10-7;/h6-8,10-11H,2-5H2,1H3,(H,12,13);1H. The molecule has 3 N–H and O–H groups in total. The summed E-state index contributed by atoms with van der Waals surface area (Å²) in [6, 6.07) is 0.819. The first kappa shape index (κ1) is 11.8. The Balaban J connectivity index is 0.000000980. The van der Waals surface area contributed by atoms with Crippen LogP contribution in [0, 0.1) is 0 Å². The molecular formula is C9H18ClN3O. The molecule has 4 nitrogen and oxygen atoms in total. The van der Waals surface area contributed by atoms with Gasteiger partial charge < -0.3 is 10.6 Å². The summed E-state index contributed by atoms with van der Waals surface area (Å²) in [4.78, 5) is 11.3. The summed E-state index contributed by atoms with van der Waals surface area (Å²) in [5, 5.41) is 9.67. The van der Waals surface area contributed by atoms with Gasteiger partial charge in [0, 0.05) is 18.5 Å². The van der Waals surface area contributed by atoms with Gasteiger partial charge in [-0.3, -0.25) is 10.1 Å². The molecule has 0 aromatic rings. The molecule has 0 spiro atoms. The van der Waals surface area contributed by atoms with Gasteiger partial charge in [0.2, 0.25) is 5.91 Å². The highest BCUT2D eigenvalue weighted by Gasteiger charge is 2.30. The second-order valence-corrected chi connectivity index (χ2v) is 3.97. The van der Waals surface area contributed by atoms with E-state index < -0.39 is 0 Å². The highest BCUT2D eigenvalue weighted by Crippen LogP contribution is 2.14. The number of rotatable bonds is 1. The van der Waals surface area contributed by atoms with Gasteiger partial charge in [0.15, 0.2) is 0 Å². The molecule has 0 radical (unpaired) electrons. The first-order valence-electron chi connectivity index (χ1n) is 5.04. The van der Waals surface area contributed by atoms with Crippen molar-refractivity contribution in [2.45, 2.75) is 44.4 Å². The SMILES string of the molecule is CC1NC(=O)CC(C2CCCN2)N1.Cl. The topological polar surface area (TPSA) is 53.2 Å². The molecule has 0 aromatic heterocycles. The van der Waals surface area contributed by atoms with Gasteiger partial charge in [-0.15, -0.1) is 12.4 Å². The second kappa shape index (κ2) is 4.96. The monoisotopic (exact) mass is 219 g/mol. The molecule has 0 saturated carbocycles. The Bertz CT molecular complexity index is 206. The Kier molecular flexibility index (Phi) is 4.16. The minimum atomic E-state index is 0. The summed E-state index contributed by atoms with van der Waals surface area (Å²) in [5.41, 5.74) is 0. The van der Waals surface area contributed by atoms with Crippen molar-refractivity contribution in [2.75, 3.05) is 6.54 Å². The molecule has 14 heavy (non-hydrogen) atoms. The van der Waals surface area contributed by atoms with Crippen molar-refractivity contribution in [1.29, 1.82) is 0 Å². The van der Waals surface area contributed by atoms with Crippen LogP contribution in [-0.2, 0) is 4.79 Å². The lowest BCUT2D eigenvalue weighted by atomic mass is 10.0. The zero-order chi connectivity index (χ0) is 9.26. The van der Waals surface area contributed by atoms with Gasteiger partial charge >= 0.3 is 0 Å². The Labute approximate surface area is 90.6 Å². The number of carbonyl (C=O) groups is 1. The number of halogens is 1. The van der Waals surface area contributed by atoms with Gasteiger partial charge in [-0.25, -0.2) is 0 Å². The van der Waals surface area contributed by atoms with E-state index in [1.165, 1.54) is 12.8 Å². The summed E-state index contributed by atoms with van der Waals surface area (Å²) in [5.74, 6) is 0.171. The van der Waals surface area contributed by atoms with Crippen molar-refractivity contribution in [3.8, 4) is 0 Å². The molecule has 82 valence electrons. The fourth-order valence-electron chi connectivity index (χ4n) is 2.24. The Hall–Kier alpha value is -0.320. The lowest BCUT2D eigenvalue weighted by molar-refractivity contribution is -0.124. The van der Waals surface area contributed by atoms with E-state index in [2.05, 4.69) is 16.0 Å². The van der Waals surface area contributed by atoms with E-state index in [4.69, 9.17) is 0 Å². The van der Waals surface area contributed by atoms with E-state index in [1.807, 2.05) is 6.92 Å². The third kappa shape index (κ3) is 2.59. The molecule has 0 aliphatic carbocycles. The van der Waals surface area contributed by atoms with Gasteiger partial charge in [0.25, 0.3) is 0 Å². The summed E-state index contributed by atoms with van der Waals surface area (Å²) in [7, 11) is 0. The van der Waals surface area contributed by atoms with E-state index in [0.29, 0.717) is 18.5 Å². The summed E-state index contributed by atoms with van der Waals surface area (Å²) < 4.78 is 0. The number of hydrogen-bond acceptors (Lipinski definition) is 3. The maximum absolute atomic E-state index is 11.3. The van der Waals surface area contributed by atoms with E-state index >= 15 is 0 Å². The molecule has 0 bridgehead atoms. The van der Waals surface area contributed by atoms with Gasteiger partial charge in [0.05, 0.1) is 6.17 Å². The quantitative estimate of drug-likeness (QED) is 0.581. The van der Waals surface area contributed by atoms with Crippen molar-refractivity contribution in [3.63, 3.8) is 0 Å².